The van der Waals surface area contributed by atoms with Gasteiger partial charge < -0.3 is 10.1 Å². The van der Waals surface area contributed by atoms with E-state index in [0.717, 1.165) is 21.2 Å². The Kier molecular flexibility index (Phi) is 4.50. The molecule has 2 rings (SSSR count). The summed E-state index contributed by atoms with van der Waals surface area (Å²) in [5.74, 6) is 0.955. The van der Waals surface area contributed by atoms with Gasteiger partial charge in [0.05, 0.1) is 10.6 Å². The quantitative estimate of drug-likeness (QED) is 0.845. The third-order valence-electron chi connectivity index (χ3n) is 2.60. The molecule has 1 aromatic rings. The van der Waals surface area contributed by atoms with E-state index in [-0.39, 0.29) is 6.10 Å². The summed E-state index contributed by atoms with van der Waals surface area (Å²) >= 11 is 7.09. The number of nitrogens with one attached hydrogen (secondary N) is 1. The molecule has 94 valence electrons. The van der Waals surface area contributed by atoms with E-state index < -0.39 is 0 Å². The van der Waals surface area contributed by atoms with Crippen LogP contribution < -0.4 is 10.1 Å². The smallest absolute Gasteiger partial charge is 0.138 e. The largest absolute Gasteiger partial charge is 0.489 e. The first-order valence-corrected chi connectivity index (χ1v) is 7.53. The molecule has 0 saturated heterocycles. The minimum absolute atomic E-state index is 0.187. The van der Waals surface area contributed by atoms with Crippen molar-refractivity contribution in [3.05, 3.63) is 26.6 Å². The zero-order chi connectivity index (χ0) is 12.4. The van der Waals surface area contributed by atoms with Crippen LogP contribution in [0.3, 0.4) is 0 Å². The van der Waals surface area contributed by atoms with Gasteiger partial charge in [-0.2, -0.15) is 0 Å². The topological polar surface area (TPSA) is 21.3 Å². The third-order valence-corrected chi connectivity index (χ3v) is 3.64. The molecule has 0 aliphatic heterocycles. The Labute approximate surface area is 119 Å². The van der Waals surface area contributed by atoms with E-state index in [9.17, 15) is 0 Å². The van der Waals surface area contributed by atoms with E-state index in [1.807, 2.05) is 19.9 Å². The molecule has 0 radical (unpaired) electrons. The van der Waals surface area contributed by atoms with Crippen molar-refractivity contribution in [2.75, 3.05) is 0 Å². The van der Waals surface area contributed by atoms with Crippen LogP contribution in [0.5, 0.6) is 5.75 Å². The minimum Gasteiger partial charge on any atom is -0.489 e. The van der Waals surface area contributed by atoms with Gasteiger partial charge in [0.25, 0.3) is 0 Å². The van der Waals surface area contributed by atoms with Crippen LogP contribution in [0.15, 0.2) is 21.1 Å². The van der Waals surface area contributed by atoms with Crippen molar-refractivity contribution in [2.45, 2.75) is 45.4 Å². The predicted molar refractivity (Wildman–Crippen MR) is 77.5 cm³/mol. The molecule has 1 aliphatic carbocycles. The maximum absolute atomic E-state index is 5.88. The molecule has 0 amide bonds. The number of rotatable bonds is 5. The highest BCUT2D eigenvalue weighted by Gasteiger charge is 2.21. The van der Waals surface area contributed by atoms with Crippen LogP contribution in [0, 0.1) is 0 Å². The van der Waals surface area contributed by atoms with Gasteiger partial charge in [-0.15, -0.1) is 0 Å². The zero-order valence-electron chi connectivity index (χ0n) is 10.1. The molecule has 0 spiro atoms. The van der Waals surface area contributed by atoms with Gasteiger partial charge in [-0.25, -0.2) is 0 Å². The van der Waals surface area contributed by atoms with Crippen LogP contribution in [0.4, 0.5) is 0 Å². The molecular weight excluding hydrogens is 346 g/mol. The molecule has 1 N–H and O–H groups in total. The van der Waals surface area contributed by atoms with E-state index in [2.05, 4.69) is 43.2 Å². The molecule has 0 atom stereocenters. The highest BCUT2D eigenvalue weighted by atomic mass is 79.9. The van der Waals surface area contributed by atoms with Crippen LogP contribution >= 0.6 is 31.9 Å². The van der Waals surface area contributed by atoms with Gasteiger partial charge in [0.15, 0.2) is 0 Å². The van der Waals surface area contributed by atoms with Crippen molar-refractivity contribution >= 4 is 31.9 Å². The first-order chi connectivity index (χ1) is 8.06. The van der Waals surface area contributed by atoms with Crippen LogP contribution in [-0.2, 0) is 6.54 Å². The van der Waals surface area contributed by atoms with Crippen molar-refractivity contribution in [3.8, 4) is 5.75 Å². The van der Waals surface area contributed by atoms with Gasteiger partial charge >= 0.3 is 0 Å². The molecule has 4 heteroatoms. The Balaban J connectivity index is 2.18. The predicted octanol–water partition coefficient (Wildman–Crippen LogP) is 4.25. The number of hydrogen-bond donors (Lipinski definition) is 1. The van der Waals surface area contributed by atoms with Gasteiger partial charge in [0, 0.05) is 22.6 Å². The number of benzene rings is 1. The summed E-state index contributed by atoms with van der Waals surface area (Å²) in [5, 5.41) is 3.52. The highest BCUT2D eigenvalue weighted by molar-refractivity contribution is 9.11. The van der Waals surface area contributed by atoms with Gasteiger partial charge in [-0.3, -0.25) is 0 Å². The van der Waals surface area contributed by atoms with Crippen LogP contribution in [0.1, 0.15) is 32.3 Å². The average Bonchev–Trinajstić information content (AvgIpc) is 3.02. The lowest BCUT2D eigenvalue weighted by Gasteiger charge is -2.17. The molecule has 0 aromatic heterocycles. The van der Waals surface area contributed by atoms with Crippen LogP contribution in [0.25, 0.3) is 0 Å². The fourth-order valence-electron chi connectivity index (χ4n) is 1.65. The Bertz CT molecular complexity index is 403. The molecule has 0 unspecified atom stereocenters. The normalized spacial score (nSPS) is 15.4. The van der Waals surface area contributed by atoms with Gasteiger partial charge in [0.2, 0.25) is 0 Å². The Morgan fingerprint density at radius 1 is 1.35 bits per heavy atom. The van der Waals surface area contributed by atoms with Gasteiger partial charge in [-0.05, 0) is 54.8 Å². The summed E-state index contributed by atoms with van der Waals surface area (Å²) < 4.78 is 7.96. The molecule has 2 nitrogen and oxygen atoms in total. The molecule has 1 aromatic carbocycles. The summed E-state index contributed by atoms with van der Waals surface area (Å²) in [7, 11) is 0. The lowest BCUT2D eigenvalue weighted by molar-refractivity contribution is 0.238. The van der Waals surface area contributed by atoms with Crippen molar-refractivity contribution in [1.82, 2.24) is 5.32 Å². The number of halogens is 2. The molecule has 1 fully saturated rings. The zero-order valence-corrected chi connectivity index (χ0v) is 13.3. The highest BCUT2D eigenvalue weighted by Crippen LogP contribution is 2.34. The molecule has 1 aliphatic rings. The minimum atomic E-state index is 0.187. The van der Waals surface area contributed by atoms with Gasteiger partial charge in [0.1, 0.15) is 5.75 Å². The number of ether oxygens (including phenoxy) is 1. The monoisotopic (exact) mass is 361 g/mol. The molecule has 0 heterocycles. The van der Waals surface area contributed by atoms with Crippen LogP contribution in [-0.4, -0.2) is 12.1 Å². The number of hydrogen-bond acceptors (Lipinski definition) is 2. The second kappa shape index (κ2) is 5.72. The van der Waals surface area contributed by atoms with Crippen molar-refractivity contribution in [1.29, 1.82) is 0 Å². The van der Waals surface area contributed by atoms with E-state index in [1.165, 1.54) is 18.4 Å². The standard InChI is InChI=1S/C13H17Br2NO/c1-8(2)17-13-9(7-16-11-3-4-11)5-10(14)6-12(13)15/h5-6,8,11,16H,3-4,7H2,1-2H3. The third kappa shape index (κ3) is 3.97. The molecule has 1 saturated carbocycles. The maximum atomic E-state index is 5.88. The Morgan fingerprint density at radius 3 is 2.65 bits per heavy atom. The first kappa shape index (κ1) is 13.4. The summed E-state index contributed by atoms with van der Waals surface area (Å²) in [6.07, 6.45) is 2.79. The lowest BCUT2D eigenvalue weighted by Crippen LogP contribution is -2.17. The van der Waals surface area contributed by atoms with Gasteiger partial charge in [-0.1, -0.05) is 15.9 Å². The maximum Gasteiger partial charge on any atom is 0.138 e. The average molecular weight is 363 g/mol. The summed E-state index contributed by atoms with van der Waals surface area (Å²) in [4.78, 5) is 0. The molecule has 0 bridgehead atoms. The van der Waals surface area contributed by atoms with Crippen molar-refractivity contribution in [2.24, 2.45) is 0 Å². The van der Waals surface area contributed by atoms with Crippen LogP contribution in [0.2, 0.25) is 0 Å². The SMILES string of the molecule is CC(C)Oc1c(Br)cc(Br)cc1CNC1CC1. The van der Waals surface area contributed by atoms with E-state index in [4.69, 9.17) is 4.74 Å². The fourth-order valence-corrected chi connectivity index (χ4v) is 3.06. The Morgan fingerprint density at radius 2 is 2.06 bits per heavy atom. The summed E-state index contributed by atoms with van der Waals surface area (Å²) in [6, 6.07) is 4.86. The van der Waals surface area contributed by atoms with E-state index >= 15 is 0 Å². The Hall–Kier alpha value is -0.0600. The second-order valence-electron chi connectivity index (χ2n) is 4.70. The molecular formula is C13H17Br2NO. The lowest BCUT2D eigenvalue weighted by atomic mass is 10.2. The fraction of sp³-hybridized carbons (Fsp3) is 0.538. The second-order valence-corrected chi connectivity index (χ2v) is 6.47. The summed E-state index contributed by atoms with van der Waals surface area (Å²) in [5.41, 5.74) is 1.20. The van der Waals surface area contributed by atoms with E-state index in [1.54, 1.807) is 0 Å². The van der Waals surface area contributed by atoms with E-state index in [0.29, 0.717) is 6.04 Å². The summed E-state index contributed by atoms with van der Waals surface area (Å²) in [6.45, 7) is 4.96. The molecule has 17 heavy (non-hydrogen) atoms. The van der Waals surface area contributed by atoms with Crippen molar-refractivity contribution in [3.63, 3.8) is 0 Å². The van der Waals surface area contributed by atoms with Crippen molar-refractivity contribution < 1.29 is 4.74 Å². The first-order valence-electron chi connectivity index (χ1n) is 5.94.